The van der Waals surface area contributed by atoms with E-state index >= 15 is 0 Å². The van der Waals surface area contributed by atoms with Crippen LogP contribution in [-0.4, -0.2) is 136 Å². The SMILES string of the molecule is CC[N+](C)(C)CC.CC[N+](C)(C)CC.CC[N+](C)(C)CC.CC[N+](C)(C)CC.[O-][Si]([O-])([O-])[O-]. The van der Waals surface area contributed by atoms with Gasteiger partial charge in [-0.05, 0) is 55.4 Å². The zero-order valence-electron chi connectivity index (χ0n) is 25.6. The monoisotopic (exact) mass is 500 g/mol. The van der Waals surface area contributed by atoms with Gasteiger partial charge in [0, 0.05) is 0 Å². The van der Waals surface area contributed by atoms with Gasteiger partial charge in [-0.15, -0.1) is 0 Å². The van der Waals surface area contributed by atoms with E-state index in [-0.39, 0.29) is 0 Å². The molecule has 0 unspecified atom stereocenters. The summed E-state index contributed by atoms with van der Waals surface area (Å²) in [5.74, 6) is 0. The maximum Gasteiger partial charge on any atom is 0.0753 e. The molecule has 9 heteroatoms. The van der Waals surface area contributed by atoms with E-state index in [2.05, 4.69) is 112 Å². The molecule has 0 radical (unpaired) electrons. The Labute approximate surface area is 210 Å². The standard InChI is InChI=1S/4C6H16N.O4Si/c4*1-5-7(3,4)6-2;1-5(2,3)4/h4*5-6H2,1-4H3;/q4*+1;-4. The fraction of sp³-hybridized carbons (Fsp3) is 1.00. The van der Waals surface area contributed by atoms with E-state index in [1.54, 1.807) is 0 Å². The lowest BCUT2D eigenvalue weighted by Gasteiger charge is -2.67. The van der Waals surface area contributed by atoms with Crippen LogP contribution < -0.4 is 19.2 Å². The van der Waals surface area contributed by atoms with E-state index in [0.717, 1.165) is 17.9 Å². The molecule has 0 amide bonds. The molecule has 33 heavy (non-hydrogen) atoms. The highest BCUT2D eigenvalue weighted by Gasteiger charge is 2.06. The summed E-state index contributed by atoms with van der Waals surface area (Å²) in [6.07, 6.45) is 0. The van der Waals surface area contributed by atoms with Crippen LogP contribution in [0, 0.1) is 0 Å². The molecule has 0 bridgehead atoms. The Kier molecular flexibility index (Phi) is 27.6. The zero-order valence-corrected chi connectivity index (χ0v) is 26.6. The third-order valence-corrected chi connectivity index (χ3v) is 6.85. The topological polar surface area (TPSA) is 92.2 Å². The van der Waals surface area contributed by atoms with E-state index in [4.69, 9.17) is 19.2 Å². The van der Waals surface area contributed by atoms with Crippen molar-refractivity contribution in [2.24, 2.45) is 0 Å². The van der Waals surface area contributed by atoms with Gasteiger partial charge in [-0.3, -0.25) is 0 Å². The second-order valence-electron chi connectivity index (χ2n) is 10.8. The van der Waals surface area contributed by atoms with E-state index in [9.17, 15) is 0 Å². The highest BCUT2D eigenvalue weighted by Crippen LogP contribution is 1.93. The minimum Gasteiger partial charge on any atom is -0.894 e. The molecule has 8 nitrogen and oxygen atoms in total. The zero-order chi connectivity index (χ0) is 28.2. The fourth-order valence-electron chi connectivity index (χ4n) is 0.894. The van der Waals surface area contributed by atoms with Crippen molar-refractivity contribution in [3.8, 4) is 0 Å². The summed E-state index contributed by atoms with van der Waals surface area (Å²) in [6.45, 7) is 27.6. The van der Waals surface area contributed by atoms with Gasteiger partial charge in [0.1, 0.15) is 0 Å². The predicted molar refractivity (Wildman–Crippen MR) is 139 cm³/mol. The smallest absolute Gasteiger partial charge is 0.0753 e. The summed E-state index contributed by atoms with van der Waals surface area (Å²) in [7, 11) is 12.3. The van der Waals surface area contributed by atoms with Crippen LogP contribution >= 0.6 is 0 Å². The molecule has 0 aromatic heterocycles. The fourth-order valence-corrected chi connectivity index (χ4v) is 0.894. The molecule has 0 aromatic carbocycles. The normalized spacial score (nSPS) is 12.0. The molecule has 0 heterocycles. The van der Waals surface area contributed by atoms with Crippen LogP contribution in [0.25, 0.3) is 0 Å². The van der Waals surface area contributed by atoms with Gasteiger partial charge in [-0.25, -0.2) is 0 Å². The number of rotatable bonds is 8. The van der Waals surface area contributed by atoms with E-state index in [0.29, 0.717) is 0 Å². The lowest BCUT2D eigenvalue weighted by atomic mass is 10.5. The molecule has 0 spiro atoms. The number of hydrogen-bond acceptors (Lipinski definition) is 4. The van der Waals surface area contributed by atoms with E-state index in [1.165, 1.54) is 52.4 Å². The quantitative estimate of drug-likeness (QED) is 0.325. The highest BCUT2D eigenvalue weighted by molar-refractivity contribution is 6.38. The van der Waals surface area contributed by atoms with Crippen LogP contribution in [0.2, 0.25) is 0 Å². The van der Waals surface area contributed by atoms with Gasteiger partial charge < -0.3 is 46.2 Å². The van der Waals surface area contributed by atoms with Crippen molar-refractivity contribution >= 4 is 9.05 Å². The minimum atomic E-state index is -5.61. The van der Waals surface area contributed by atoms with E-state index < -0.39 is 9.05 Å². The van der Waals surface area contributed by atoms with Crippen molar-refractivity contribution in [1.29, 1.82) is 0 Å². The number of quaternary nitrogens is 4. The predicted octanol–water partition coefficient (Wildman–Crippen LogP) is -0.726. The number of hydrogen-bond donors (Lipinski definition) is 0. The minimum absolute atomic E-state index is 1.14. The summed E-state index contributed by atoms with van der Waals surface area (Å²) in [6, 6.07) is 0. The Morgan fingerprint density at radius 3 is 0.394 bits per heavy atom. The second kappa shape index (κ2) is 21.2. The highest BCUT2D eigenvalue weighted by atomic mass is 28.4. The van der Waals surface area contributed by atoms with Crippen LogP contribution in [-0.2, 0) is 0 Å². The average molecular weight is 501 g/mol. The third-order valence-electron chi connectivity index (χ3n) is 6.85. The summed E-state index contributed by atoms with van der Waals surface area (Å²) in [4.78, 5) is 34.3. The first-order valence-corrected chi connectivity index (χ1v) is 14.2. The summed E-state index contributed by atoms with van der Waals surface area (Å²) in [5, 5.41) is 0. The Hall–Kier alpha value is -0.103. The van der Waals surface area contributed by atoms with Crippen molar-refractivity contribution in [2.45, 2.75) is 55.4 Å². The van der Waals surface area contributed by atoms with Crippen molar-refractivity contribution in [2.75, 3.05) is 109 Å². The van der Waals surface area contributed by atoms with Gasteiger partial charge in [-0.2, -0.15) is 0 Å². The molecule has 0 saturated carbocycles. The molecule has 0 atom stereocenters. The lowest BCUT2D eigenvalue weighted by Crippen LogP contribution is -2.82. The maximum absolute atomic E-state index is 8.58. The molecule has 0 aliphatic heterocycles. The molecule has 0 N–H and O–H groups in total. The average Bonchev–Trinajstić information content (AvgIpc) is 2.74. The van der Waals surface area contributed by atoms with Gasteiger partial charge >= 0.3 is 0 Å². The summed E-state index contributed by atoms with van der Waals surface area (Å²) >= 11 is 0. The molecule has 0 fully saturated rings. The molecule has 0 aromatic rings. The molecular formula is C24H64N4O4Si. The Bertz CT molecular complexity index is 320. The van der Waals surface area contributed by atoms with Crippen molar-refractivity contribution in [1.82, 2.24) is 0 Å². The number of nitrogens with zero attached hydrogens (tertiary/aromatic N) is 4. The molecule has 0 saturated heterocycles. The Morgan fingerprint density at radius 2 is 0.394 bits per heavy atom. The molecule has 208 valence electrons. The Balaban J connectivity index is -0.0000000995. The third kappa shape index (κ3) is 49.9. The second-order valence-corrected chi connectivity index (χ2v) is 11.8. The van der Waals surface area contributed by atoms with Crippen LogP contribution in [0.1, 0.15) is 55.4 Å². The van der Waals surface area contributed by atoms with Gasteiger partial charge in [0.05, 0.1) is 109 Å². The van der Waals surface area contributed by atoms with Gasteiger partial charge in [-0.1, -0.05) is 0 Å². The van der Waals surface area contributed by atoms with Crippen molar-refractivity contribution in [3.05, 3.63) is 0 Å². The van der Waals surface area contributed by atoms with Crippen molar-refractivity contribution in [3.63, 3.8) is 0 Å². The molecule has 0 aliphatic rings. The van der Waals surface area contributed by atoms with E-state index in [1.807, 2.05) is 0 Å². The van der Waals surface area contributed by atoms with Crippen LogP contribution in [0.5, 0.6) is 0 Å². The first-order valence-electron chi connectivity index (χ1n) is 12.6. The van der Waals surface area contributed by atoms with Crippen LogP contribution in [0.4, 0.5) is 0 Å². The maximum atomic E-state index is 8.58. The van der Waals surface area contributed by atoms with Gasteiger partial charge in [0.25, 0.3) is 0 Å². The largest absolute Gasteiger partial charge is 0.894 e. The summed E-state index contributed by atoms with van der Waals surface area (Å²) in [5.41, 5.74) is 0. The molecular weight excluding hydrogens is 436 g/mol. The molecule has 0 rings (SSSR count). The first-order chi connectivity index (χ1) is 14.5. The van der Waals surface area contributed by atoms with Gasteiger partial charge in [0.15, 0.2) is 0 Å². The Morgan fingerprint density at radius 1 is 0.333 bits per heavy atom. The lowest BCUT2D eigenvalue weighted by molar-refractivity contribution is -0.886. The van der Waals surface area contributed by atoms with Crippen LogP contribution in [0.3, 0.4) is 0 Å². The van der Waals surface area contributed by atoms with Crippen molar-refractivity contribution < 1.29 is 37.1 Å². The van der Waals surface area contributed by atoms with Gasteiger partial charge in [0.2, 0.25) is 0 Å². The summed E-state index contributed by atoms with van der Waals surface area (Å²) < 4.78 is 4.56. The molecule has 0 aliphatic carbocycles. The first kappa shape index (κ1) is 43.0. The van der Waals surface area contributed by atoms with Crippen LogP contribution in [0.15, 0.2) is 0 Å².